The third-order valence-electron chi connectivity index (χ3n) is 4.16. The van der Waals surface area contributed by atoms with E-state index in [2.05, 4.69) is 62.6 Å². The van der Waals surface area contributed by atoms with Gasteiger partial charge in [0.15, 0.2) is 0 Å². The maximum atomic E-state index is 12.3. The highest BCUT2D eigenvalue weighted by molar-refractivity contribution is 9.10. The predicted molar refractivity (Wildman–Crippen MR) is 103 cm³/mol. The van der Waals surface area contributed by atoms with Crippen molar-refractivity contribution in [1.29, 1.82) is 0 Å². The molecule has 2 atom stereocenters. The third-order valence-corrected chi connectivity index (χ3v) is 6.53. The molecule has 1 heterocycles. The van der Waals surface area contributed by atoms with Crippen LogP contribution in [-0.2, 0) is 11.4 Å². The minimum atomic E-state index is -1.08. The molecule has 1 unspecified atom stereocenters. The number of likely N-dealkylation sites (N-methyl/N-ethyl adjacent to an activating group) is 1. The van der Waals surface area contributed by atoms with Gasteiger partial charge in [-0.1, -0.05) is 22.0 Å². The number of hydrogen-bond acceptors (Lipinski definition) is 4. The van der Waals surface area contributed by atoms with Gasteiger partial charge >= 0.3 is 0 Å². The lowest BCUT2D eigenvalue weighted by molar-refractivity contribution is 0.313. The fourth-order valence-corrected chi connectivity index (χ4v) is 4.04. The van der Waals surface area contributed by atoms with Gasteiger partial charge in [0.05, 0.1) is 6.04 Å². The summed E-state index contributed by atoms with van der Waals surface area (Å²) in [5.41, 5.74) is 2.39. The van der Waals surface area contributed by atoms with Crippen LogP contribution in [0.4, 0.5) is 5.69 Å². The minimum absolute atomic E-state index is 0.0333. The van der Waals surface area contributed by atoms with E-state index in [0.717, 1.165) is 36.2 Å². The second-order valence-electron chi connectivity index (χ2n) is 7.22. The van der Waals surface area contributed by atoms with Crippen molar-refractivity contribution in [2.24, 2.45) is 0 Å². The highest BCUT2D eigenvalue weighted by atomic mass is 79.9. The Bertz CT molecular complexity index is 527. The van der Waals surface area contributed by atoms with Crippen molar-refractivity contribution >= 4 is 33.0 Å². The van der Waals surface area contributed by atoms with Crippen molar-refractivity contribution in [1.82, 2.24) is 9.62 Å². The molecule has 130 valence electrons. The third kappa shape index (κ3) is 5.10. The zero-order valence-electron chi connectivity index (χ0n) is 14.7. The molecular weight excluding hydrogens is 374 g/mol. The summed E-state index contributed by atoms with van der Waals surface area (Å²) in [6.45, 7) is 12.3. The maximum Gasteiger partial charge on any atom is 0.136 e. The number of nitrogens with zero attached hydrogens (tertiary/aromatic N) is 2. The van der Waals surface area contributed by atoms with Gasteiger partial charge in [0.2, 0.25) is 0 Å². The molecule has 6 heteroatoms. The molecule has 0 spiro atoms. The Morgan fingerprint density at radius 2 is 1.83 bits per heavy atom. The molecule has 1 fully saturated rings. The van der Waals surface area contributed by atoms with Crippen molar-refractivity contribution in [3.8, 4) is 0 Å². The van der Waals surface area contributed by atoms with E-state index in [9.17, 15) is 4.55 Å². The van der Waals surface area contributed by atoms with Crippen molar-refractivity contribution < 1.29 is 4.55 Å². The number of piperazine rings is 1. The fraction of sp³-hybridized carbons (Fsp3) is 0.647. The Hall–Kier alpha value is -0.270. The summed E-state index contributed by atoms with van der Waals surface area (Å²) >= 11 is 2.61. The molecule has 0 amide bonds. The van der Waals surface area contributed by atoms with E-state index in [1.807, 2.05) is 20.8 Å². The van der Waals surface area contributed by atoms with E-state index < -0.39 is 11.4 Å². The molecule has 1 aliphatic rings. The maximum absolute atomic E-state index is 12.3. The first-order valence-electron chi connectivity index (χ1n) is 8.09. The number of hydrogen-bond donors (Lipinski definition) is 1. The van der Waals surface area contributed by atoms with Crippen LogP contribution in [0, 0.1) is 0 Å². The van der Waals surface area contributed by atoms with E-state index in [4.69, 9.17) is 0 Å². The summed E-state index contributed by atoms with van der Waals surface area (Å²) in [5, 5.41) is 0. The van der Waals surface area contributed by atoms with E-state index in [1.165, 1.54) is 5.69 Å². The highest BCUT2D eigenvalue weighted by Crippen LogP contribution is 2.30. The molecular formula is C17H28BrN3OS. The SMILES string of the molecule is C[C@@H](N[S+]([O-])C(C)(C)C)c1ccc(N2CCN(C)CC2)cc1Br. The Kier molecular flexibility index (Phi) is 6.42. The number of rotatable bonds is 4. The lowest BCUT2D eigenvalue weighted by Crippen LogP contribution is -2.44. The molecule has 1 aromatic carbocycles. The van der Waals surface area contributed by atoms with Crippen LogP contribution in [0.5, 0.6) is 0 Å². The molecule has 0 aliphatic carbocycles. The Morgan fingerprint density at radius 1 is 1.22 bits per heavy atom. The van der Waals surface area contributed by atoms with Crippen LogP contribution in [0.3, 0.4) is 0 Å². The molecule has 1 aliphatic heterocycles. The van der Waals surface area contributed by atoms with E-state index >= 15 is 0 Å². The van der Waals surface area contributed by atoms with Gasteiger partial charge in [0.25, 0.3) is 0 Å². The molecule has 0 aromatic heterocycles. The minimum Gasteiger partial charge on any atom is -0.598 e. The van der Waals surface area contributed by atoms with Crippen molar-refractivity contribution in [3.05, 3.63) is 28.2 Å². The van der Waals surface area contributed by atoms with Crippen LogP contribution >= 0.6 is 15.9 Å². The quantitative estimate of drug-likeness (QED) is 0.785. The average Bonchev–Trinajstić information content (AvgIpc) is 2.46. The number of anilines is 1. The summed E-state index contributed by atoms with van der Waals surface area (Å²) in [6, 6.07) is 6.52. The van der Waals surface area contributed by atoms with Gasteiger partial charge < -0.3 is 14.4 Å². The zero-order valence-corrected chi connectivity index (χ0v) is 17.1. The van der Waals surface area contributed by atoms with Crippen molar-refractivity contribution in [2.45, 2.75) is 38.5 Å². The van der Waals surface area contributed by atoms with E-state index in [0.29, 0.717) is 0 Å². The first kappa shape index (κ1) is 19.1. The molecule has 23 heavy (non-hydrogen) atoms. The van der Waals surface area contributed by atoms with Gasteiger partial charge in [0, 0.05) is 47.7 Å². The van der Waals surface area contributed by atoms with Crippen LogP contribution in [0.1, 0.15) is 39.3 Å². The second kappa shape index (κ2) is 7.74. The molecule has 0 radical (unpaired) electrons. The van der Waals surface area contributed by atoms with Gasteiger partial charge in [-0.15, -0.1) is 4.72 Å². The lowest BCUT2D eigenvalue weighted by atomic mass is 10.1. The standard InChI is InChI=1S/C17H28BrN3OS/c1-13(19-23(22)17(2,3)4)15-7-6-14(12-16(15)18)21-10-8-20(5)9-11-21/h6-7,12-13,19H,8-11H2,1-5H3/t13-,23?/m1/s1. The normalized spacial score (nSPS) is 19.7. The Morgan fingerprint density at radius 3 is 2.35 bits per heavy atom. The van der Waals surface area contributed by atoms with Crippen LogP contribution < -0.4 is 9.62 Å². The summed E-state index contributed by atoms with van der Waals surface area (Å²) in [7, 11) is 2.17. The zero-order chi connectivity index (χ0) is 17.2. The first-order valence-corrected chi connectivity index (χ1v) is 10.0. The predicted octanol–water partition coefficient (Wildman–Crippen LogP) is 3.31. The number of benzene rings is 1. The van der Waals surface area contributed by atoms with Crippen molar-refractivity contribution in [3.63, 3.8) is 0 Å². The molecule has 0 saturated carbocycles. The summed E-state index contributed by atoms with van der Waals surface area (Å²) in [4.78, 5) is 4.77. The topological polar surface area (TPSA) is 41.6 Å². The molecule has 0 bridgehead atoms. The summed E-state index contributed by atoms with van der Waals surface area (Å²) in [5.74, 6) is 0. The number of nitrogens with one attached hydrogen (secondary N) is 1. The summed E-state index contributed by atoms with van der Waals surface area (Å²) < 4.78 is 16.3. The summed E-state index contributed by atoms with van der Waals surface area (Å²) in [6.07, 6.45) is 0. The van der Waals surface area contributed by atoms with E-state index in [1.54, 1.807) is 0 Å². The Balaban J connectivity index is 2.07. The largest absolute Gasteiger partial charge is 0.598 e. The Labute approximate surface area is 152 Å². The van der Waals surface area contributed by atoms with Crippen LogP contribution in [-0.4, -0.2) is 47.4 Å². The molecule has 4 nitrogen and oxygen atoms in total. The van der Waals surface area contributed by atoms with Crippen LogP contribution in [0.2, 0.25) is 0 Å². The van der Waals surface area contributed by atoms with Gasteiger partial charge in [-0.05, 0) is 52.4 Å². The second-order valence-corrected chi connectivity index (χ2v) is 10.1. The average molecular weight is 402 g/mol. The van der Waals surface area contributed by atoms with Gasteiger partial charge in [-0.25, -0.2) is 0 Å². The molecule has 1 saturated heterocycles. The molecule has 2 rings (SSSR count). The monoisotopic (exact) mass is 401 g/mol. The highest BCUT2D eigenvalue weighted by Gasteiger charge is 2.29. The van der Waals surface area contributed by atoms with E-state index in [-0.39, 0.29) is 10.8 Å². The first-order chi connectivity index (χ1) is 10.7. The smallest absolute Gasteiger partial charge is 0.136 e. The van der Waals surface area contributed by atoms with Gasteiger partial charge in [0.1, 0.15) is 4.75 Å². The van der Waals surface area contributed by atoms with Crippen LogP contribution in [0.15, 0.2) is 22.7 Å². The molecule has 1 N–H and O–H groups in total. The fourth-order valence-electron chi connectivity index (χ4n) is 2.53. The van der Waals surface area contributed by atoms with Crippen LogP contribution in [0.25, 0.3) is 0 Å². The van der Waals surface area contributed by atoms with Gasteiger partial charge in [-0.3, -0.25) is 0 Å². The lowest BCUT2D eigenvalue weighted by Gasteiger charge is -2.34. The number of halogens is 1. The van der Waals surface area contributed by atoms with Gasteiger partial charge in [-0.2, -0.15) is 0 Å². The molecule has 1 aromatic rings. The van der Waals surface area contributed by atoms with Crippen molar-refractivity contribution in [2.75, 3.05) is 38.1 Å².